The van der Waals surface area contributed by atoms with Crippen LogP contribution >= 0.6 is 11.3 Å². The van der Waals surface area contributed by atoms with Gasteiger partial charge in [0, 0.05) is 11.1 Å². The second kappa shape index (κ2) is 6.07. The SMILES string of the molecule is COc1ccc2c(cc(C)n2C(=O)c2ccc(OC(F)(F)F)s2)c1F. The van der Waals surface area contributed by atoms with Crippen LogP contribution in [0, 0.1) is 12.7 Å². The smallest absolute Gasteiger partial charge is 0.494 e. The van der Waals surface area contributed by atoms with Crippen molar-refractivity contribution in [3.63, 3.8) is 0 Å². The molecule has 4 nitrogen and oxygen atoms in total. The molecule has 25 heavy (non-hydrogen) atoms. The van der Waals surface area contributed by atoms with Crippen molar-refractivity contribution in [3.05, 3.63) is 46.7 Å². The standard InChI is InChI=1S/C16H11F4NO3S/c1-8-7-9-10(3-4-11(23-2)14(9)17)21(8)15(22)12-5-6-13(25-12)24-16(18,19)20/h3-7H,1-2H3. The third-order valence-electron chi connectivity index (χ3n) is 3.50. The number of carbonyl (C=O) groups excluding carboxylic acids is 1. The third-order valence-corrected chi connectivity index (χ3v) is 4.45. The van der Waals surface area contributed by atoms with E-state index in [0.29, 0.717) is 22.5 Å². The fourth-order valence-corrected chi connectivity index (χ4v) is 3.30. The van der Waals surface area contributed by atoms with E-state index < -0.39 is 23.1 Å². The number of rotatable bonds is 3. The monoisotopic (exact) mass is 373 g/mol. The Labute approximate surface area is 143 Å². The van der Waals surface area contributed by atoms with E-state index in [2.05, 4.69) is 4.74 Å². The molecule has 2 aromatic heterocycles. The van der Waals surface area contributed by atoms with Crippen LogP contribution in [0.1, 0.15) is 15.4 Å². The molecule has 0 amide bonds. The second-order valence-electron chi connectivity index (χ2n) is 5.11. The van der Waals surface area contributed by atoms with Crippen LogP contribution in [0.5, 0.6) is 10.8 Å². The molecule has 0 aliphatic carbocycles. The van der Waals surface area contributed by atoms with Crippen LogP contribution in [-0.4, -0.2) is 23.9 Å². The number of ether oxygens (including phenoxy) is 2. The van der Waals surface area contributed by atoms with Crippen LogP contribution in [0.2, 0.25) is 0 Å². The van der Waals surface area contributed by atoms with Gasteiger partial charge < -0.3 is 9.47 Å². The van der Waals surface area contributed by atoms with Gasteiger partial charge in [-0.05, 0) is 37.3 Å². The van der Waals surface area contributed by atoms with Gasteiger partial charge >= 0.3 is 6.36 Å². The fourth-order valence-electron chi connectivity index (χ4n) is 2.50. The normalized spacial score (nSPS) is 11.8. The average molecular weight is 373 g/mol. The van der Waals surface area contributed by atoms with E-state index in [1.165, 1.54) is 35.9 Å². The summed E-state index contributed by atoms with van der Waals surface area (Å²) in [7, 11) is 1.33. The van der Waals surface area contributed by atoms with E-state index in [0.717, 1.165) is 6.07 Å². The van der Waals surface area contributed by atoms with Gasteiger partial charge in [-0.15, -0.1) is 13.2 Å². The van der Waals surface area contributed by atoms with E-state index in [-0.39, 0.29) is 16.0 Å². The zero-order chi connectivity index (χ0) is 18.4. The lowest BCUT2D eigenvalue weighted by Crippen LogP contribution is -2.16. The molecule has 0 N–H and O–H groups in total. The number of carbonyl (C=O) groups is 1. The first-order valence-electron chi connectivity index (χ1n) is 6.96. The van der Waals surface area contributed by atoms with Crippen molar-refractivity contribution in [2.45, 2.75) is 13.3 Å². The Balaban J connectivity index is 2.03. The number of benzene rings is 1. The van der Waals surface area contributed by atoms with Crippen LogP contribution in [0.3, 0.4) is 0 Å². The summed E-state index contributed by atoms with van der Waals surface area (Å²) in [6.45, 7) is 1.60. The van der Waals surface area contributed by atoms with E-state index in [9.17, 15) is 22.4 Å². The Kier molecular flexibility index (Phi) is 4.19. The molecular weight excluding hydrogens is 362 g/mol. The van der Waals surface area contributed by atoms with Crippen LogP contribution < -0.4 is 9.47 Å². The van der Waals surface area contributed by atoms with Gasteiger partial charge in [0.2, 0.25) is 0 Å². The van der Waals surface area contributed by atoms with Crippen LogP contribution in [0.25, 0.3) is 10.9 Å². The lowest BCUT2D eigenvalue weighted by molar-refractivity contribution is -0.273. The van der Waals surface area contributed by atoms with Gasteiger partial charge in [-0.1, -0.05) is 11.3 Å². The number of alkyl halides is 3. The van der Waals surface area contributed by atoms with Crippen molar-refractivity contribution in [2.75, 3.05) is 7.11 Å². The number of aromatic nitrogens is 1. The number of thiophene rings is 1. The number of halogens is 4. The summed E-state index contributed by atoms with van der Waals surface area (Å²) in [5, 5.41) is -0.258. The number of hydrogen-bond acceptors (Lipinski definition) is 4. The molecule has 0 aliphatic heterocycles. The minimum atomic E-state index is -4.83. The summed E-state index contributed by atoms with van der Waals surface area (Å²) in [5.41, 5.74) is 0.742. The van der Waals surface area contributed by atoms with Crippen molar-refractivity contribution >= 4 is 28.1 Å². The van der Waals surface area contributed by atoms with Crippen molar-refractivity contribution in [3.8, 4) is 10.8 Å². The molecule has 9 heteroatoms. The number of aryl methyl sites for hydroxylation is 1. The Hall–Kier alpha value is -2.55. The molecule has 0 fully saturated rings. The first-order valence-corrected chi connectivity index (χ1v) is 7.77. The summed E-state index contributed by atoms with van der Waals surface area (Å²) in [6, 6.07) is 6.68. The summed E-state index contributed by atoms with van der Waals surface area (Å²) in [4.78, 5) is 12.7. The van der Waals surface area contributed by atoms with Gasteiger partial charge in [-0.2, -0.15) is 0 Å². The molecule has 0 atom stereocenters. The van der Waals surface area contributed by atoms with Crippen LogP contribution in [0.15, 0.2) is 30.3 Å². The highest BCUT2D eigenvalue weighted by Crippen LogP contribution is 2.33. The maximum Gasteiger partial charge on any atom is 0.573 e. The molecule has 1 aromatic carbocycles. The first-order chi connectivity index (χ1) is 11.7. The zero-order valence-electron chi connectivity index (χ0n) is 13.0. The highest BCUT2D eigenvalue weighted by molar-refractivity contribution is 7.15. The Morgan fingerprint density at radius 3 is 2.56 bits per heavy atom. The molecule has 0 saturated heterocycles. The zero-order valence-corrected chi connectivity index (χ0v) is 13.8. The Morgan fingerprint density at radius 2 is 1.92 bits per heavy atom. The van der Waals surface area contributed by atoms with Gasteiger partial charge in [-0.25, -0.2) is 4.39 Å². The summed E-state index contributed by atoms with van der Waals surface area (Å²) >= 11 is 0.564. The van der Waals surface area contributed by atoms with E-state index in [4.69, 9.17) is 4.74 Å². The van der Waals surface area contributed by atoms with Gasteiger partial charge in [0.05, 0.1) is 17.5 Å². The summed E-state index contributed by atoms with van der Waals surface area (Å²) in [6.07, 6.45) is -4.83. The van der Waals surface area contributed by atoms with Gasteiger partial charge in [-0.3, -0.25) is 9.36 Å². The van der Waals surface area contributed by atoms with Crippen molar-refractivity contribution in [1.82, 2.24) is 4.57 Å². The van der Waals surface area contributed by atoms with Crippen LogP contribution in [-0.2, 0) is 0 Å². The van der Waals surface area contributed by atoms with E-state index in [1.54, 1.807) is 6.92 Å². The molecule has 3 rings (SSSR count). The molecule has 2 heterocycles. The van der Waals surface area contributed by atoms with Crippen molar-refractivity contribution in [2.24, 2.45) is 0 Å². The summed E-state index contributed by atoms with van der Waals surface area (Å²) in [5.74, 6) is -1.14. The molecular formula is C16H11F4NO3S. The maximum atomic E-state index is 14.3. The average Bonchev–Trinajstić information content (AvgIpc) is 3.10. The predicted octanol–water partition coefficient (Wildman–Crippen LogP) is 4.75. The number of fused-ring (bicyclic) bond motifs is 1. The highest BCUT2D eigenvalue weighted by atomic mass is 32.1. The maximum absolute atomic E-state index is 14.3. The lowest BCUT2D eigenvalue weighted by Gasteiger charge is -2.07. The van der Waals surface area contributed by atoms with Crippen molar-refractivity contribution in [1.29, 1.82) is 0 Å². The highest BCUT2D eigenvalue weighted by Gasteiger charge is 2.32. The quantitative estimate of drug-likeness (QED) is 0.623. The number of hydrogen-bond donors (Lipinski definition) is 0. The van der Waals surface area contributed by atoms with E-state index in [1.807, 2.05) is 0 Å². The summed E-state index contributed by atoms with van der Waals surface area (Å²) < 4.78 is 61.0. The molecule has 0 unspecified atom stereocenters. The van der Waals surface area contributed by atoms with Gasteiger partial charge in [0.1, 0.15) is 0 Å². The number of methoxy groups -OCH3 is 1. The molecule has 3 aromatic rings. The predicted molar refractivity (Wildman–Crippen MR) is 83.9 cm³/mol. The molecule has 0 bridgehead atoms. The van der Waals surface area contributed by atoms with Gasteiger partial charge in [0.15, 0.2) is 16.6 Å². The molecule has 0 radical (unpaired) electrons. The topological polar surface area (TPSA) is 40.5 Å². The second-order valence-corrected chi connectivity index (χ2v) is 6.15. The van der Waals surface area contributed by atoms with E-state index >= 15 is 0 Å². The Morgan fingerprint density at radius 1 is 1.20 bits per heavy atom. The first kappa shape index (κ1) is 17.3. The van der Waals surface area contributed by atoms with Gasteiger partial charge in [0.25, 0.3) is 5.91 Å². The molecule has 0 saturated carbocycles. The van der Waals surface area contributed by atoms with Crippen molar-refractivity contribution < 1.29 is 31.8 Å². The molecule has 132 valence electrons. The minimum absolute atomic E-state index is 0.0362. The fraction of sp³-hybridized carbons (Fsp3) is 0.188. The largest absolute Gasteiger partial charge is 0.573 e. The Bertz CT molecular complexity index is 958. The molecule has 0 aliphatic rings. The van der Waals surface area contributed by atoms with Crippen LogP contribution in [0.4, 0.5) is 17.6 Å². The third kappa shape index (κ3) is 3.19. The molecule has 0 spiro atoms. The lowest BCUT2D eigenvalue weighted by atomic mass is 10.2. The minimum Gasteiger partial charge on any atom is -0.494 e. The number of nitrogens with zero attached hydrogens (tertiary/aromatic N) is 1.